The largest absolute Gasteiger partial charge is 0.339 e. The van der Waals surface area contributed by atoms with Gasteiger partial charge in [0.05, 0.1) is 0 Å². The monoisotopic (exact) mass is 194 g/mol. The van der Waals surface area contributed by atoms with Crippen LogP contribution in [0.15, 0.2) is 11.5 Å². The van der Waals surface area contributed by atoms with Gasteiger partial charge in [0.15, 0.2) is 0 Å². The van der Waals surface area contributed by atoms with E-state index in [1.807, 2.05) is 0 Å². The maximum absolute atomic E-state index is 2.55. The molecule has 0 amide bonds. The summed E-state index contributed by atoms with van der Waals surface area (Å²) in [7, 11) is 2.20. The van der Waals surface area contributed by atoms with Crippen molar-refractivity contribution in [3.05, 3.63) is 11.5 Å². The van der Waals surface area contributed by atoms with Crippen molar-refractivity contribution in [3.8, 4) is 0 Å². The van der Waals surface area contributed by atoms with Gasteiger partial charge in [0, 0.05) is 6.54 Å². The molecule has 3 heteroatoms. The molecule has 0 aromatic heterocycles. The van der Waals surface area contributed by atoms with E-state index in [-0.39, 0.29) is 0 Å². The van der Waals surface area contributed by atoms with E-state index in [4.69, 9.17) is 0 Å². The molecule has 0 N–H and O–H groups in total. The third-order valence-electron chi connectivity index (χ3n) is 2.88. The van der Waals surface area contributed by atoms with E-state index < -0.39 is 0 Å². The van der Waals surface area contributed by atoms with Gasteiger partial charge in [-0.2, -0.15) is 0 Å². The third kappa shape index (κ3) is 2.40. The summed E-state index contributed by atoms with van der Waals surface area (Å²) in [5.41, 5.74) is 1.49. The Morgan fingerprint density at radius 3 is 2.07 bits per heavy atom. The summed E-state index contributed by atoms with van der Waals surface area (Å²) in [6.07, 6.45) is 0. The zero-order valence-corrected chi connectivity index (χ0v) is 10.4. The number of hydrogen-bond acceptors (Lipinski definition) is 2. The normalized spacial score (nSPS) is 18.9. The molecule has 0 bridgehead atoms. The highest BCUT2D eigenvalue weighted by Gasteiger charge is 2.33. The molecular formula is C11H23BN2. The Kier molecular flexibility index (Phi) is 3.79. The molecule has 0 radical (unpaired) electrons. The lowest BCUT2D eigenvalue weighted by Gasteiger charge is -2.36. The average Bonchev–Trinajstić information content (AvgIpc) is 2.29. The van der Waals surface area contributed by atoms with Gasteiger partial charge in [0.25, 0.3) is 0 Å². The minimum absolute atomic E-state index is 0.495. The Labute approximate surface area is 89.1 Å². The molecule has 0 aromatic rings. The fourth-order valence-electron chi connectivity index (χ4n) is 2.44. The van der Waals surface area contributed by atoms with Crippen molar-refractivity contribution in [2.75, 3.05) is 13.6 Å². The molecule has 1 heterocycles. The minimum atomic E-state index is 0.495. The van der Waals surface area contributed by atoms with Gasteiger partial charge in [-0.3, -0.25) is 0 Å². The van der Waals surface area contributed by atoms with E-state index in [1.54, 1.807) is 0 Å². The van der Waals surface area contributed by atoms with Crippen molar-refractivity contribution >= 4 is 6.98 Å². The van der Waals surface area contributed by atoms with Crippen LogP contribution in [0.25, 0.3) is 0 Å². The first-order valence-corrected chi connectivity index (χ1v) is 5.58. The van der Waals surface area contributed by atoms with E-state index in [9.17, 15) is 0 Å². The highest BCUT2D eigenvalue weighted by molar-refractivity contribution is 6.59. The van der Waals surface area contributed by atoms with Crippen LogP contribution >= 0.6 is 0 Å². The van der Waals surface area contributed by atoms with Crippen LogP contribution in [0, 0.1) is 0 Å². The van der Waals surface area contributed by atoms with E-state index in [0.29, 0.717) is 19.1 Å². The topological polar surface area (TPSA) is 6.48 Å². The molecular weight excluding hydrogens is 171 g/mol. The summed E-state index contributed by atoms with van der Waals surface area (Å²) in [6.45, 7) is 12.9. The van der Waals surface area contributed by atoms with Crippen molar-refractivity contribution < 1.29 is 0 Å². The van der Waals surface area contributed by atoms with Crippen LogP contribution in [0.1, 0.15) is 34.6 Å². The number of nitrogens with zero attached hydrogens (tertiary/aromatic N) is 2. The quantitative estimate of drug-likeness (QED) is 0.634. The summed E-state index contributed by atoms with van der Waals surface area (Å²) >= 11 is 0. The van der Waals surface area contributed by atoms with E-state index in [1.165, 1.54) is 5.57 Å². The molecule has 2 nitrogen and oxygen atoms in total. The molecule has 1 aliphatic heterocycles. The molecule has 0 atom stereocenters. The Bertz CT molecular complexity index is 215. The lowest BCUT2D eigenvalue weighted by molar-refractivity contribution is 0.283. The lowest BCUT2D eigenvalue weighted by Crippen LogP contribution is -2.53. The van der Waals surface area contributed by atoms with Crippen molar-refractivity contribution in [2.24, 2.45) is 0 Å². The summed E-state index contributed by atoms with van der Waals surface area (Å²) in [5.74, 6) is 2.39. The predicted octanol–water partition coefficient (Wildman–Crippen LogP) is 2.02. The van der Waals surface area contributed by atoms with Gasteiger partial charge in [-0.25, -0.2) is 0 Å². The van der Waals surface area contributed by atoms with E-state index in [2.05, 4.69) is 57.3 Å². The van der Waals surface area contributed by atoms with Crippen LogP contribution in [0.5, 0.6) is 0 Å². The van der Waals surface area contributed by atoms with Crippen molar-refractivity contribution in [1.29, 1.82) is 0 Å². The lowest BCUT2D eigenvalue weighted by atomic mass is 9.71. The van der Waals surface area contributed by atoms with Gasteiger partial charge in [0.1, 0.15) is 0 Å². The van der Waals surface area contributed by atoms with Crippen LogP contribution in [-0.4, -0.2) is 42.3 Å². The van der Waals surface area contributed by atoms with E-state index >= 15 is 0 Å². The number of rotatable bonds is 3. The van der Waals surface area contributed by atoms with Crippen LogP contribution in [0.4, 0.5) is 0 Å². The molecule has 0 aromatic carbocycles. The highest BCUT2D eigenvalue weighted by Crippen LogP contribution is 2.18. The third-order valence-corrected chi connectivity index (χ3v) is 2.88. The molecule has 0 aliphatic carbocycles. The second-order valence-corrected chi connectivity index (χ2v) is 4.98. The summed E-state index contributed by atoms with van der Waals surface area (Å²) < 4.78 is 0. The first-order chi connectivity index (χ1) is 6.43. The van der Waals surface area contributed by atoms with Gasteiger partial charge < -0.3 is 9.62 Å². The van der Waals surface area contributed by atoms with Crippen molar-refractivity contribution in [2.45, 2.75) is 46.7 Å². The second-order valence-electron chi connectivity index (χ2n) is 4.98. The van der Waals surface area contributed by atoms with Gasteiger partial charge in [-0.1, -0.05) is 39.2 Å². The molecule has 1 aliphatic rings. The van der Waals surface area contributed by atoms with Crippen LogP contribution in [0.3, 0.4) is 0 Å². The smallest absolute Gasteiger partial charge is 0.324 e. The Morgan fingerprint density at radius 1 is 1.29 bits per heavy atom. The Balaban J connectivity index is 2.78. The molecule has 0 fully saturated rings. The van der Waals surface area contributed by atoms with Gasteiger partial charge >= 0.3 is 6.98 Å². The molecule has 0 spiro atoms. The molecule has 80 valence electrons. The Morgan fingerprint density at radius 2 is 1.79 bits per heavy atom. The van der Waals surface area contributed by atoms with Crippen molar-refractivity contribution in [3.63, 3.8) is 0 Å². The number of hydrogen-bond donors (Lipinski definition) is 0. The zero-order chi connectivity index (χ0) is 10.9. The summed E-state index contributed by atoms with van der Waals surface area (Å²) in [6, 6.07) is 1.20. The fraction of sp³-hybridized carbons (Fsp3) is 0.818. The Hall–Kier alpha value is -0.275. The zero-order valence-electron chi connectivity index (χ0n) is 10.4. The fourth-order valence-corrected chi connectivity index (χ4v) is 2.44. The number of likely N-dealkylation sites (N-methyl/N-ethyl adjacent to an activating group) is 1. The summed E-state index contributed by atoms with van der Waals surface area (Å²) in [4.78, 5) is 4.96. The molecule has 0 saturated carbocycles. The maximum Gasteiger partial charge on any atom is 0.339 e. The van der Waals surface area contributed by atoms with Crippen LogP contribution < -0.4 is 0 Å². The molecule has 14 heavy (non-hydrogen) atoms. The van der Waals surface area contributed by atoms with E-state index in [0.717, 1.165) is 6.54 Å². The van der Waals surface area contributed by atoms with Crippen molar-refractivity contribution in [1.82, 2.24) is 9.62 Å². The molecule has 1 rings (SSSR count). The highest BCUT2D eigenvalue weighted by atomic mass is 15.2. The van der Waals surface area contributed by atoms with Gasteiger partial charge in [-0.05, 0) is 26.1 Å². The second kappa shape index (κ2) is 4.50. The van der Waals surface area contributed by atoms with Gasteiger partial charge in [-0.15, -0.1) is 0 Å². The molecule has 0 unspecified atom stereocenters. The standard InChI is InChI=1S/C11H23BN2/c1-9(2)14(10(3)4)12-7-11(5)8-13(12)6/h7,9-10H,8H2,1-6H3. The average molecular weight is 194 g/mol. The van der Waals surface area contributed by atoms with Crippen LogP contribution in [-0.2, 0) is 0 Å². The predicted molar refractivity (Wildman–Crippen MR) is 64.3 cm³/mol. The summed E-state index contributed by atoms with van der Waals surface area (Å²) in [5, 5.41) is 0. The first-order valence-electron chi connectivity index (χ1n) is 5.58. The maximum atomic E-state index is 2.55. The first kappa shape index (κ1) is 11.8. The molecule has 0 saturated heterocycles. The minimum Gasteiger partial charge on any atom is -0.324 e. The SMILES string of the molecule is CC1=CB(N(C(C)C)C(C)C)N(C)C1. The van der Waals surface area contributed by atoms with Crippen LogP contribution in [0.2, 0.25) is 0 Å². The van der Waals surface area contributed by atoms with Gasteiger partial charge in [0.2, 0.25) is 0 Å².